The molecule has 0 saturated carbocycles. The molecule has 0 saturated heterocycles. The van der Waals surface area contributed by atoms with Gasteiger partial charge in [-0.05, 0) is 24.7 Å². The molecule has 1 unspecified atom stereocenters. The van der Waals surface area contributed by atoms with Crippen LogP contribution in [0.1, 0.15) is 24.2 Å². The van der Waals surface area contributed by atoms with Gasteiger partial charge >= 0.3 is 0 Å². The predicted octanol–water partition coefficient (Wildman–Crippen LogP) is 3.47. The highest BCUT2D eigenvalue weighted by molar-refractivity contribution is 5.82. The van der Waals surface area contributed by atoms with Gasteiger partial charge in [0, 0.05) is 17.1 Å². The number of fused-ring (bicyclic) bond motifs is 1. The van der Waals surface area contributed by atoms with Gasteiger partial charge < -0.3 is 5.32 Å². The van der Waals surface area contributed by atoms with E-state index in [4.69, 9.17) is 0 Å². The van der Waals surface area contributed by atoms with Crippen molar-refractivity contribution in [1.82, 2.24) is 15.3 Å². The van der Waals surface area contributed by atoms with Gasteiger partial charge in [-0.25, -0.2) is 4.39 Å². The van der Waals surface area contributed by atoms with E-state index in [1.54, 1.807) is 12.3 Å². The fourth-order valence-electron chi connectivity index (χ4n) is 2.50. The molecule has 0 amide bonds. The summed E-state index contributed by atoms with van der Waals surface area (Å²) in [5.74, 6) is -0.329. The van der Waals surface area contributed by atoms with Gasteiger partial charge in [0.05, 0.1) is 23.4 Å². The second-order valence-electron chi connectivity index (χ2n) is 4.81. The summed E-state index contributed by atoms with van der Waals surface area (Å²) in [6, 6.07) is 13.1. The molecule has 3 rings (SSSR count). The van der Waals surface area contributed by atoms with Crippen molar-refractivity contribution in [2.75, 3.05) is 6.54 Å². The van der Waals surface area contributed by atoms with Crippen molar-refractivity contribution in [1.29, 1.82) is 0 Å². The molecule has 2 heterocycles. The summed E-state index contributed by atoms with van der Waals surface area (Å²) in [5.41, 5.74) is 2.78. The lowest BCUT2D eigenvalue weighted by molar-refractivity contribution is 0.596. The zero-order chi connectivity index (χ0) is 14.7. The van der Waals surface area contributed by atoms with Crippen molar-refractivity contribution < 1.29 is 4.39 Å². The molecule has 0 bridgehead atoms. The van der Waals surface area contributed by atoms with E-state index in [9.17, 15) is 4.39 Å². The van der Waals surface area contributed by atoms with Crippen LogP contribution < -0.4 is 5.32 Å². The Kier molecular flexibility index (Phi) is 3.88. The van der Waals surface area contributed by atoms with E-state index < -0.39 is 0 Å². The SMILES string of the molecule is CCNC(c1ccc(F)cn1)c1cccc2cccnc12. The molecule has 1 atom stereocenters. The first-order chi connectivity index (χ1) is 10.3. The summed E-state index contributed by atoms with van der Waals surface area (Å²) in [6.45, 7) is 2.82. The van der Waals surface area contributed by atoms with Crippen LogP contribution in [-0.2, 0) is 0 Å². The molecule has 106 valence electrons. The normalized spacial score (nSPS) is 12.5. The maximum Gasteiger partial charge on any atom is 0.141 e. The van der Waals surface area contributed by atoms with Crippen LogP contribution in [0.4, 0.5) is 4.39 Å². The molecule has 3 aromatic rings. The summed E-state index contributed by atoms with van der Waals surface area (Å²) in [7, 11) is 0. The van der Waals surface area contributed by atoms with Crippen LogP contribution >= 0.6 is 0 Å². The number of pyridine rings is 2. The molecule has 3 nitrogen and oxygen atoms in total. The molecule has 4 heteroatoms. The zero-order valence-electron chi connectivity index (χ0n) is 11.8. The summed E-state index contributed by atoms with van der Waals surface area (Å²) < 4.78 is 13.1. The van der Waals surface area contributed by atoms with Crippen LogP contribution in [0, 0.1) is 5.82 Å². The van der Waals surface area contributed by atoms with Gasteiger partial charge in [0.15, 0.2) is 0 Å². The van der Waals surface area contributed by atoms with Gasteiger partial charge in [-0.3, -0.25) is 9.97 Å². The third kappa shape index (κ3) is 2.76. The number of halogens is 1. The van der Waals surface area contributed by atoms with E-state index in [0.717, 1.165) is 28.7 Å². The molecule has 1 N–H and O–H groups in total. The third-order valence-corrected chi connectivity index (χ3v) is 3.43. The minimum absolute atomic E-state index is 0.103. The zero-order valence-corrected chi connectivity index (χ0v) is 11.8. The fourth-order valence-corrected chi connectivity index (χ4v) is 2.50. The third-order valence-electron chi connectivity index (χ3n) is 3.43. The number of rotatable bonds is 4. The van der Waals surface area contributed by atoms with Crippen LogP contribution in [-0.4, -0.2) is 16.5 Å². The Hall–Kier alpha value is -2.33. The highest BCUT2D eigenvalue weighted by atomic mass is 19.1. The van der Waals surface area contributed by atoms with Gasteiger partial charge in [-0.2, -0.15) is 0 Å². The fraction of sp³-hybridized carbons (Fsp3) is 0.176. The monoisotopic (exact) mass is 281 g/mol. The molecule has 0 aliphatic heterocycles. The minimum Gasteiger partial charge on any atom is -0.305 e. The molecule has 2 aromatic heterocycles. The lowest BCUT2D eigenvalue weighted by Crippen LogP contribution is -2.23. The maximum absolute atomic E-state index is 13.1. The van der Waals surface area contributed by atoms with E-state index >= 15 is 0 Å². The Balaban J connectivity index is 2.13. The summed E-state index contributed by atoms with van der Waals surface area (Å²) in [6.07, 6.45) is 3.03. The summed E-state index contributed by atoms with van der Waals surface area (Å²) in [4.78, 5) is 8.70. The van der Waals surface area contributed by atoms with Crippen LogP contribution in [0.5, 0.6) is 0 Å². The van der Waals surface area contributed by atoms with Gasteiger partial charge in [0.2, 0.25) is 0 Å². The predicted molar refractivity (Wildman–Crippen MR) is 81.5 cm³/mol. The maximum atomic E-state index is 13.1. The minimum atomic E-state index is -0.329. The van der Waals surface area contributed by atoms with E-state index in [1.165, 1.54) is 12.3 Å². The Bertz CT molecular complexity index is 735. The Morgan fingerprint density at radius 2 is 1.95 bits per heavy atom. The molecule has 0 spiro atoms. The number of nitrogens with zero attached hydrogens (tertiary/aromatic N) is 2. The van der Waals surface area contributed by atoms with Crippen molar-refractivity contribution in [2.24, 2.45) is 0 Å². The second-order valence-corrected chi connectivity index (χ2v) is 4.81. The molecule has 21 heavy (non-hydrogen) atoms. The quantitative estimate of drug-likeness (QED) is 0.795. The number of benzene rings is 1. The lowest BCUT2D eigenvalue weighted by atomic mass is 9.99. The van der Waals surface area contributed by atoms with Crippen LogP contribution in [0.2, 0.25) is 0 Å². The smallest absolute Gasteiger partial charge is 0.141 e. The first-order valence-corrected chi connectivity index (χ1v) is 6.98. The van der Waals surface area contributed by atoms with Gasteiger partial charge in [0.25, 0.3) is 0 Å². The lowest BCUT2D eigenvalue weighted by Gasteiger charge is -2.19. The molecule has 0 aliphatic carbocycles. The number of hydrogen-bond acceptors (Lipinski definition) is 3. The van der Waals surface area contributed by atoms with Crippen molar-refractivity contribution in [3.63, 3.8) is 0 Å². The average molecular weight is 281 g/mol. The first-order valence-electron chi connectivity index (χ1n) is 6.98. The molecule has 1 aromatic carbocycles. The largest absolute Gasteiger partial charge is 0.305 e. The number of para-hydroxylation sites is 1. The molecule has 0 aliphatic rings. The summed E-state index contributed by atoms with van der Waals surface area (Å²) >= 11 is 0. The highest BCUT2D eigenvalue weighted by Gasteiger charge is 2.17. The van der Waals surface area contributed by atoms with Gasteiger partial charge in [-0.15, -0.1) is 0 Å². The number of hydrogen-bond donors (Lipinski definition) is 1. The molecular formula is C17H16FN3. The average Bonchev–Trinajstić information content (AvgIpc) is 2.53. The van der Waals surface area contributed by atoms with E-state index in [1.807, 2.05) is 37.3 Å². The highest BCUT2D eigenvalue weighted by Crippen LogP contribution is 2.26. The molecule has 0 fully saturated rings. The molecular weight excluding hydrogens is 265 g/mol. The Labute approximate surface area is 122 Å². The number of nitrogens with one attached hydrogen (secondary N) is 1. The van der Waals surface area contributed by atoms with Gasteiger partial charge in [0.1, 0.15) is 5.82 Å². The Morgan fingerprint density at radius 1 is 1.10 bits per heavy atom. The second kappa shape index (κ2) is 5.97. The topological polar surface area (TPSA) is 37.8 Å². The molecule has 0 radical (unpaired) electrons. The summed E-state index contributed by atoms with van der Waals surface area (Å²) in [5, 5.41) is 4.49. The van der Waals surface area contributed by atoms with Gasteiger partial charge in [-0.1, -0.05) is 31.2 Å². The van der Waals surface area contributed by atoms with E-state index in [2.05, 4.69) is 15.3 Å². The Morgan fingerprint density at radius 3 is 2.71 bits per heavy atom. The van der Waals surface area contributed by atoms with Crippen molar-refractivity contribution in [3.05, 3.63) is 71.9 Å². The van der Waals surface area contributed by atoms with E-state index in [0.29, 0.717) is 0 Å². The number of aromatic nitrogens is 2. The van der Waals surface area contributed by atoms with Crippen LogP contribution in [0.3, 0.4) is 0 Å². The van der Waals surface area contributed by atoms with Crippen molar-refractivity contribution >= 4 is 10.9 Å². The van der Waals surface area contributed by atoms with Crippen molar-refractivity contribution in [3.8, 4) is 0 Å². The van der Waals surface area contributed by atoms with Crippen LogP contribution in [0.25, 0.3) is 10.9 Å². The van der Waals surface area contributed by atoms with Crippen LogP contribution in [0.15, 0.2) is 54.9 Å². The van der Waals surface area contributed by atoms with E-state index in [-0.39, 0.29) is 11.9 Å². The van der Waals surface area contributed by atoms with Crippen molar-refractivity contribution in [2.45, 2.75) is 13.0 Å². The first kappa shape index (κ1) is 13.6. The standard InChI is InChI=1S/C17H16FN3/c1-2-19-17(15-9-8-13(18)11-21-15)14-7-3-5-12-6-4-10-20-16(12)14/h3-11,17,19H,2H2,1H3.